The molecule has 0 aliphatic carbocycles. The van der Waals surface area contributed by atoms with Crippen molar-refractivity contribution in [2.24, 2.45) is 0 Å². The minimum absolute atomic E-state index is 0.172. The Bertz CT molecular complexity index is 362. The van der Waals surface area contributed by atoms with Gasteiger partial charge in [0.1, 0.15) is 0 Å². The Labute approximate surface area is 99.1 Å². The van der Waals surface area contributed by atoms with Crippen molar-refractivity contribution in [3.05, 3.63) is 23.8 Å². The average molecular weight is 217 g/mol. The summed E-state index contributed by atoms with van der Waals surface area (Å²) >= 11 is 0. The first-order chi connectivity index (χ1) is 7.35. The molecule has 0 bridgehead atoms. The van der Waals surface area contributed by atoms with Gasteiger partial charge in [-0.1, -0.05) is 61.7 Å². The van der Waals surface area contributed by atoms with Crippen LogP contribution in [0.15, 0.2) is 18.2 Å². The van der Waals surface area contributed by atoms with Gasteiger partial charge in [0.2, 0.25) is 0 Å². The SMILES string of the molecule is CCC(C)(C)[B]c1ccc(B(O)O)c(C)c1. The van der Waals surface area contributed by atoms with Gasteiger partial charge in [-0.3, -0.25) is 0 Å². The van der Waals surface area contributed by atoms with E-state index in [1.165, 1.54) is 0 Å². The van der Waals surface area contributed by atoms with Crippen LogP contribution in [0.2, 0.25) is 5.31 Å². The molecule has 1 rings (SSSR count). The Balaban J connectivity index is 2.90. The van der Waals surface area contributed by atoms with Crippen molar-refractivity contribution in [3.63, 3.8) is 0 Å². The van der Waals surface area contributed by atoms with Crippen molar-refractivity contribution in [2.75, 3.05) is 0 Å². The van der Waals surface area contributed by atoms with Gasteiger partial charge < -0.3 is 10.0 Å². The molecule has 85 valence electrons. The van der Waals surface area contributed by atoms with Gasteiger partial charge in [0, 0.05) is 0 Å². The molecule has 0 saturated heterocycles. The fourth-order valence-corrected chi connectivity index (χ4v) is 1.63. The molecule has 1 aromatic rings. The fraction of sp³-hybridized carbons (Fsp3) is 0.500. The van der Waals surface area contributed by atoms with Gasteiger partial charge in [-0.25, -0.2) is 0 Å². The molecule has 0 aromatic heterocycles. The quantitative estimate of drug-likeness (QED) is 0.725. The second kappa shape index (κ2) is 5.07. The minimum atomic E-state index is -1.38. The number of rotatable bonds is 4. The lowest BCUT2D eigenvalue weighted by atomic mass is 9.49. The molecule has 0 aliphatic heterocycles. The monoisotopic (exact) mass is 217 g/mol. The molecule has 0 saturated carbocycles. The zero-order valence-corrected chi connectivity index (χ0v) is 10.5. The van der Waals surface area contributed by atoms with E-state index in [9.17, 15) is 0 Å². The summed E-state index contributed by atoms with van der Waals surface area (Å²) in [6.07, 6.45) is 1.08. The average Bonchev–Trinajstić information content (AvgIpc) is 2.16. The lowest BCUT2D eigenvalue weighted by molar-refractivity contribution is 0.425. The smallest absolute Gasteiger partial charge is 0.423 e. The molecule has 0 heterocycles. The molecule has 1 aromatic carbocycles. The summed E-state index contributed by atoms with van der Waals surface area (Å²) < 4.78 is 0. The van der Waals surface area contributed by atoms with Crippen LogP contribution in [-0.2, 0) is 0 Å². The van der Waals surface area contributed by atoms with Crippen LogP contribution in [0.1, 0.15) is 32.8 Å². The van der Waals surface area contributed by atoms with Crippen molar-refractivity contribution in [1.82, 2.24) is 0 Å². The summed E-state index contributed by atoms with van der Waals surface area (Å²) in [6, 6.07) is 5.70. The Morgan fingerprint density at radius 2 is 1.94 bits per heavy atom. The van der Waals surface area contributed by atoms with Crippen LogP contribution in [0.25, 0.3) is 0 Å². The molecule has 2 N–H and O–H groups in total. The van der Waals surface area contributed by atoms with Gasteiger partial charge in [-0.05, 0) is 12.4 Å². The first-order valence-electron chi connectivity index (χ1n) is 5.68. The van der Waals surface area contributed by atoms with Gasteiger partial charge in [0.25, 0.3) is 0 Å². The Morgan fingerprint density at radius 1 is 1.31 bits per heavy atom. The van der Waals surface area contributed by atoms with Crippen LogP contribution in [0, 0.1) is 6.92 Å². The van der Waals surface area contributed by atoms with Crippen molar-refractivity contribution in [1.29, 1.82) is 0 Å². The Morgan fingerprint density at radius 3 is 2.38 bits per heavy atom. The van der Waals surface area contributed by atoms with Crippen molar-refractivity contribution >= 4 is 25.3 Å². The summed E-state index contributed by atoms with van der Waals surface area (Å²) in [5.41, 5.74) is 2.62. The minimum Gasteiger partial charge on any atom is -0.423 e. The number of benzene rings is 1. The van der Waals surface area contributed by atoms with Crippen LogP contribution in [-0.4, -0.2) is 24.4 Å². The second-order valence-electron chi connectivity index (χ2n) is 4.98. The van der Waals surface area contributed by atoms with Crippen LogP contribution in [0.5, 0.6) is 0 Å². The van der Waals surface area contributed by atoms with Gasteiger partial charge in [0.15, 0.2) is 7.28 Å². The second-order valence-corrected chi connectivity index (χ2v) is 4.98. The molecular formula is C12H19B2O2. The van der Waals surface area contributed by atoms with E-state index in [4.69, 9.17) is 10.0 Å². The van der Waals surface area contributed by atoms with E-state index in [0.29, 0.717) is 5.46 Å². The van der Waals surface area contributed by atoms with Crippen LogP contribution < -0.4 is 10.9 Å². The lowest BCUT2D eigenvalue weighted by Gasteiger charge is -2.21. The van der Waals surface area contributed by atoms with E-state index in [1.54, 1.807) is 6.07 Å². The predicted molar refractivity (Wildman–Crippen MR) is 70.7 cm³/mol. The summed E-state index contributed by atoms with van der Waals surface area (Å²) in [5, 5.41) is 18.4. The van der Waals surface area contributed by atoms with Crippen LogP contribution in [0.4, 0.5) is 0 Å². The summed E-state index contributed by atoms with van der Waals surface area (Å²) in [6.45, 7) is 8.44. The van der Waals surface area contributed by atoms with E-state index >= 15 is 0 Å². The highest BCUT2D eigenvalue weighted by molar-refractivity contribution is 6.60. The van der Waals surface area contributed by atoms with E-state index in [1.807, 2.05) is 19.1 Å². The van der Waals surface area contributed by atoms with Gasteiger partial charge >= 0.3 is 7.12 Å². The highest BCUT2D eigenvalue weighted by Gasteiger charge is 2.19. The number of hydrogen-bond donors (Lipinski definition) is 2. The van der Waals surface area contributed by atoms with Crippen molar-refractivity contribution < 1.29 is 10.0 Å². The molecule has 0 aliphatic rings. The van der Waals surface area contributed by atoms with Crippen LogP contribution in [0.3, 0.4) is 0 Å². The fourth-order valence-electron chi connectivity index (χ4n) is 1.63. The molecule has 2 nitrogen and oxygen atoms in total. The molecular weight excluding hydrogens is 198 g/mol. The molecule has 0 spiro atoms. The van der Waals surface area contributed by atoms with Crippen molar-refractivity contribution in [3.8, 4) is 0 Å². The van der Waals surface area contributed by atoms with E-state index < -0.39 is 7.12 Å². The summed E-state index contributed by atoms with van der Waals surface area (Å²) in [4.78, 5) is 0. The molecule has 0 atom stereocenters. The third kappa shape index (κ3) is 3.39. The zero-order chi connectivity index (χ0) is 12.3. The maximum atomic E-state index is 9.12. The van der Waals surface area contributed by atoms with E-state index in [0.717, 1.165) is 17.4 Å². The van der Waals surface area contributed by atoms with Crippen molar-refractivity contribution in [2.45, 2.75) is 39.4 Å². The molecule has 1 radical (unpaired) electrons. The summed E-state index contributed by atoms with van der Waals surface area (Å²) in [7, 11) is 0.835. The molecule has 0 amide bonds. The molecule has 0 unspecified atom stereocenters. The van der Waals surface area contributed by atoms with Gasteiger partial charge in [-0.2, -0.15) is 0 Å². The largest absolute Gasteiger partial charge is 0.488 e. The maximum Gasteiger partial charge on any atom is 0.488 e. The highest BCUT2D eigenvalue weighted by atomic mass is 16.4. The number of hydrogen-bond acceptors (Lipinski definition) is 2. The number of aryl methyl sites for hydroxylation is 1. The Hall–Kier alpha value is -0.730. The standard InChI is InChI=1S/C12H19B2O2/c1-5-12(3,4)13-10-6-7-11(14(15)16)9(2)8-10/h6-8,15-16H,5H2,1-4H3. The predicted octanol–water partition coefficient (Wildman–Crippen LogP) is 0.613. The lowest BCUT2D eigenvalue weighted by Crippen LogP contribution is -2.35. The van der Waals surface area contributed by atoms with Gasteiger partial charge in [-0.15, -0.1) is 0 Å². The molecule has 16 heavy (non-hydrogen) atoms. The Kier molecular flexibility index (Phi) is 4.22. The first kappa shape index (κ1) is 13.3. The first-order valence-corrected chi connectivity index (χ1v) is 5.68. The normalized spacial score (nSPS) is 11.4. The van der Waals surface area contributed by atoms with Gasteiger partial charge in [0.05, 0.1) is 0 Å². The topological polar surface area (TPSA) is 40.5 Å². The maximum absolute atomic E-state index is 9.12. The third-order valence-electron chi connectivity index (χ3n) is 3.04. The molecule has 4 heteroatoms. The molecule has 0 fully saturated rings. The van der Waals surface area contributed by atoms with E-state index in [-0.39, 0.29) is 5.31 Å². The highest BCUT2D eigenvalue weighted by Crippen LogP contribution is 2.25. The van der Waals surface area contributed by atoms with E-state index in [2.05, 4.69) is 28.1 Å². The zero-order valence-electron chi connectivity index (χ0n) is 10.5. The third-order valence-corrected chi connectivity index (χ3v) is 3.04. The summed E-state index contributed by atoms with van der Waals surface area (Å²) in [5.74, 6) is 0. The van der Waals surface area contributed by atoms with Crippen LogP contribution >= 0.6 is 0 Å².